The van der Waals surface area contributed by atoms with E-state index in [4.69, 9.17) is 16.3 Å². The Kier molecular flexibility index (Phi) is 4.60. The van der Waals surface area contributed by atoms with Crippen LogP contribution in [0.2, 0.25) is 5.02 Å². The van der Waals surface area contributed by atoms with Crippen LogP contribution >= 0.6 is 11.6 Å². The number of hydrogen-bond donors (Lipinski definition) is 1. The molecule has 0 aliphatic carbocycles. The molecule has 0 spiro atoms. The maximum absolute atomic E-state index is 12.3. The summed E-state index contributed by atoms with van der Waals surface area (Å²) in [7, 11) is 0. The lowest BCUT2D eigenvalue weighted by molar-refractivity contribution is 0.102. The van der Waals surface area contributed by atoms with Gasteiger partial charge in [-0.15, -0.1) is 0 Å². The smallest absolute Gasteiger partial charge is 0.255 e. The Hall–Kier alpha value is -2.78. The number of carbonyl (C=O) groups is 1. The molecule has 0 atom stereocenters. The quantitative estimate of drug-likeness (QED) is 0.699. The van der Waals surface area contributed by atoms with E-state index in [1.807, 2.05) is 42.5 Å². The fourth-order valence-electron chi connectivity index (χ4n) is 2.09. The van der Waals surface area contributed by atoms with Crippen molar-refractivity contribution in [2.24, 2.45) is 0 Å². The Labute approximate surface area is 139 Å². The van der Waals surface area contributed by atoms with Gasteiger partial charge in [0, 0.05) is 5.56 Å². The Balaban J connectivity index is 1.84. The van der Waals surface area contributed by atoms with E-state index in [1.54, 1.807) is 36.4 Å². The molecule has 0 fully saturated rings. The molecular weight excluding hydrogens is 310 g/mol. The molecular formula is C19H14ClNO2. The molecule has 0 bridgehead atoms. The van der Waals surface area contributed by atoms with E-state index in [-0.39, 0.29) is 5.91 Å². The van der Waals surface area contributed by atoms with Crippen LogP contribution in [0, 0.1) is 0 Å². The van der Waals surface area contributed by atoms with Crippen molar-refractivity contribution in [1.82, 2.24) is 0 Å². The van der Waals surface area contributed by atoms with Gasteiger partial charge in [0.2, 0.25) is 0 Å². The lowest BCUT2D eigenvalue weighted by Gasteiger charge is -2.13. The van der Waals surface area contributed by atoms with Crippen LogP contribution in [0.15, 0.2) is 78.9 Å². The van der Waals surface area contributed by atoms with Crippen LogP contribution in [0.4, 0.5) is 5.69 Å². The minimum absolute atomic E-state index is 0.194. The van der Waals surface area contributed by atoms with Crippen molar-refractivity contribution in [2.75, 3.05) is 5.32 Å². The van der Waals surface area contributed by atoms with Crippen LogP contribution in [-0.4, -0.2) is 5.91 Å². The molecule has 0 aromatic heterocycles. The van der Waals surface area contributed by atoms with Gasteiger partial charge >= 0.3 is 0 Å². The number of benzene rings is 3. The zero-order chi connectivity index (χ0) is 16.1. The number of nitrogens with one attached hydrogen (secondary N) is 1. The van der Waals surface area contributed by atoms with Gasteiger partial charge in [-0.3, -0.25) is 4.79 Å². The third-order valence-corrected chi connectivity index (χ3v) is 3.54. The Morgan fingerprint density at radius 2 is 1.39 bits per heavy atom. The molecule has 114 valence electrons. The third-order valence-electron chi connectivity index (χ3n) is 3.23. The van der Waals surface area contributed by atoms with Crippen LogP contribution < -0.4 is 10.1 Å². The van der Waals surface area contributed by atoms with E-state index in [2.05, 4.69) is 5.32 Å². The molecule has 0 saturated carbocycles. The summed E-state index contributed by atoms with van der Waals surface area (Å²) in [5, 5.41) is 3.37. The standard InChI is InChI=1S/C19H14ClNO2/c20-15-10-4-6-12-17(15)23-18-13-7-5-11-16(18)21-19(22)14-8-2-1-3-9-14/h1-13H,(H,21,22). The normalized spacial score (nSPS) is 10.1. The van der Waals surface area contributed by atoms with Crippen molar-refractivity contribution in [3.8, 4) is 11.5 Å². The van der Waals surface area contributed by atoms with Crippen molar-refractivity contribution >= 4 is 23.2 Å². The van der Waals surface area contributed by atoms with E-state index in [0.717, 1.165) is 0 Å². The van der Waals surface area contributed by atoms with E-state index in [9.17, 15) is 4.79 Å². The van der Waals surface area contributed by atoms with Gasteiger partial charge in [-0.25, -0.2) is 0 Å². The maximum atomic E-state index is 12.3. The summed E-state index contributed by atoms with van der Waals surface area (Å²) >= 11 is 6.12. The number of amides is 1. The Morgan fingerprint density at radius 1 is 0.783 bits per heavy atom. The Bertz CT molecular complexity index is 818. The van der Waals surface area contributed by atoms with Crippen molar-refractivity contribution in [1.29, 1.82) is 0 Å². The van der Waals surface area contributed by atoms with Crippen molar-refractivity contribution in [2.45, 2.75) is 0 Å². The van der Waals surface area contributed by atoms with Gasteiger partial charge in [0.05, 0.1) is 10.7 Å². The molecule has 3 aromatic carbocycles. The molecule has 0 saturated heterocycles. The number of anilines is 1. The molecule has 0 radical (unpaired) electrons. The van der Waals surface area contributed by atoms with Gasteiger partial charge < -0.3 is 10.1 Å². The highest BCUT2D eigenvalue weighted by Gasteiger charge is 2.11. The highest BCUT2D eigenvalue weighted by molar-refractivity contribution is 6.32. The third kappa shape index (κ3) is 3.71. The minimum atomic E-state index is -0.194. The van der Waals surface area contributed by atoms with E-state index >= 15 is 0 Å². The fraction of sp³-hybridized carbons (Fsp3) is 0. The summed E-state index contributed by atoms with van der Waals surface area (Å²) in [4.78, 5) is 12.3. The van der Waals surface area contributed by atoms with Crippen LogP contribution in [0.3, 0.4) is 0 Å². The fourth-order valence-corrected chi connectivity index (χ4v) is 2.26. The number of para-hydroxylation sites is 3. The number of carbonyl (C=O) groups excluding carboxylic acids is 1. The highest BCUT2D eigenvalue weighted by atomic mass is 35.5. The van der Waals surface area contributed by atoms with E-state index in [1.165, 1.54) is 0 Å². The summed E-state index contributed by atoms with van der Waals surface area (Å²) < 4.78 is 5.83. The van der Waals surface area contributed by atoms with Gasteiger partial charge in [-0.2, -0.15) is 0 Å². The van der Waals surface area contributed by atoms with Crippen molar-refractivity contribution in [3.05, 3.63) is 89.4 Å². The van der Waals surface area contributed by atoms with Gasteiger partial charge in [-0.05, 0) is 36.4 Å². The number of rotatable bonds is 4. The first-order chi connectivity index (χ1) is 11.2. The molecule has 0 aliphatic rings. The average Bonchev–Trinajstić information content (AvgIpc) is 2.59. The lowest BCUT2D eigenvalue weighted by atomic mass is 10.2. The molecule has 1 N–H and O–H groups in total. The second-order valence-corrected chi connectivity index (χ2v) is 5.26. The molecule has 23 heavy (non-hydrogen) atoms. The molecule has 0 aliphatic heterocycles. The van der Waals surface area contributed by atoms with Crippen LogP contribution in [-0.2, 0) is 0 Å². The molecule has 4 heteroatoms. The topological polar surface area (TPSA) is 38.3 Å². The maximum Gasteiger partial charge on any atom is 0.255 e. The second-order valence-electron chi connectivity index (χ2n) is 4.85. The molecule has 3 rings (SSSR count). The molecule has 0 unspecified atom stereocenters. The molecule has 3 nitrogen and oxygen atoms in total. The first-order valence-corrected chi connectivity index (χ1v) is 7.49. The van der Waals surface area contributed by atoms with E-state index < -0.39 is 0 Å². The largest absolute Gasteiger partial charge is 0.454 e. The predicted octanol–water partition coefficient (Wildman–Crippen LogP) is 5.38. The van der Waals surface area contributed by atoms with Crippen molar-refractivity contribution < 1.29 is 9.53 Å². The summed E-state index contributed by atoms with van der Waals surface area (Å²) in [6, 6.07) is 23.5. The highest BCUT2D eigenvalue weighted by Crippen LogP contribution is 2.33. The number of hydrogen-bond acceptors (Lipinski definition) is 2. The van der Waals surface area contributed by atoms with Crippen LogP contribution in [0.1, 0.15) is 10.4 Å². The first kappa shape index (κ1) is 15.1. The first-order valence-electron chi connectivity index (χ1n) is 7.12. The lowest BCUT2D eigenvalue weighted by Crippen LogP contribution is -2.12. The zero-order valence-corrected chi connectivity index (χ0v) is 13.0. The molecule has 0 heterocycles. The zero-order valence-electron chi connectivity index (χ0n) is 12.2. The second kappa shape index (κ2) is 6.99. The van der Waals surface area contributed by atoms with E-state index in [0.29, 0.717) is 27.8 Å². The molecule has 3 aromatic rings. The van der Waals surface area contributed by atoms with Crippen molar-refractivity contribution in [3.63, 3.8) is 0 Å². The summed E-state index contributed by atoms with van der Waals surface area (Å²) in [5.74, 6) is 0.876. The SMILES string of the molecule is O=C(Nc1ccccc1Oc1ccccc1Cl)c1ccccc1. The molecule has 1 amide bonds. The average molecular weight is 324 g/mol. The van der Waals surface area contributed by atoms with Gasteiger partial charge in [0.25, 0.3) is 5.91 Å². The van der Waals surface area contributed by atoms with Crippen LogP contribution in [0.25, 0.3) is 0 Å². The summed E-state index contributed by atoms with van der Waals surface area (Å²) in [6.07, 6.45) is 0. The minimum Gasteiger partial charge on any atom is -0.454 e. The van der Waals surface area contributed by atoms with Gasteiger partial charge in [0.15, 0.2) is 5.75 Å². The summed E-state index contributed by atoms with van der Waals surface area (Å²) in [5.41, 5.74) is 1.17. The number of ether oxygens (including phenoxy) is 1. The van der Waals surface area contributed by atoms with Gasteiger partial charge in [0.1, 0.15) is 5.75 Å². The van der Waals surface area contributed by atoms with Gasteiger partial charge in [-0.1, -0.05) is 54.1 Å². The predicted molar refractivity (Wildman–Crippen MR) is 92.4 cm³/mol. The monoisotopic (exact) mass is 323 g/mol. The van der Waals surface area contributed by atoms with Crippen LogP contribution in [0.5, 0.6) is 11.5 Å². The Morgan fingerprint density at radius 3 is 2.13 bits per heavy atom. The number of halogens is 1. The summed E-state index contributed by atoms with van der Waals surface area (Å²) in [6.45, 7) is 0.